The van der Waals surface area contributed by atoms with Crippen molar-refractivity contribution in [2.75, 3.05) is 19.8 Å². The molecule has 16 nitrogen and oxygen atoms in total. The standard InChI is InChI=1S/C23H37NO15/c1-4-5-34-21-12(24-9(3)27)20(39-22-17(32)15(30)13(28)8(2)35-22)19(11(7-26)37-21)38-23-18(33)16(31)14(29)10(6-25)36-23/h1,8,10-23,25-26,28-33H,5-7H2,2-3H3,(H,24,27)/t8-,10+,11+,12+,13+,14-,15+,16-,17-,18+,19+,20+,21+,22-,23-/m0/s1. The highest BCUT2D eigenvalue weighted by atomic mass is 16.8. The minimum atomic E-state index is -1.84. The van der Waals surface area contributed by atoms with Gasteiger partial charge in [-0.15, -0.1) is 6.42 Å². The van der Waals surface area contributed by atoms with E-state index in [1.165, 1.54) is 13.8 Å². The van der Waals surface area contributed by atoms with Crippen LogP contribution in [0.25, 0.3) is 0 Å². The molecule has 0 radical (unpaired) electrons. The molecule has 3 heterocycles. The summed E-state index contributed by atoms with van der Waals surface area (Å²) in [7, 11) is 0. The van der Waals surface area contributed by atoms with Crippen LogP contribution in [0.15, 0.2) is 0 Å². The Hall–Kier alpha value is -1.53. The second kappa shape index (κ2) is 13.9. The molecule has 0 aromatic rings. The summed E-state index contributed by atoms with van der Waals surface area (Å²) in [5.41, 5.74) is 0. The zero-order chi connectivity index (χ0) is 29.0. The van der Waals surface area contributed by atoms with Crippen LogP contribution in [0.5, 0.6) is 0 Å². The minimum Gasteiger partial charge on any atom is -0.394 e. The predicted molar refractivity (Wildman–Crippen MR) is 124 cm³/mol. The van der Waals surface area contributed by atoms with E-state index in [-0.39, 0.29) is 6.61 Å². The Kier molecular flexibility index (Phi) is 11.4. The first kappa shape index (κ1) is 32.0. The zero-order valence-electron chi connectivity index (χ0n) is 21.3. The maximum atomic E-state index is 12.1. The summed E-state index contributed by atoms with van der Waals surface area (Å²) in [6.07, 6.45) is -16.1. The molecule has 0 unspecified atom stereocenters. The molecule has 3 fully saturated rings. The number of terminal acetylenes is 1. The van der Waals surface area contributed by atoms with Crippen LogP contribution in [-0.2, 0) is 33.2 Å². The quantitative estimate of drug-likeness (QED) is 0.118. The van der Waals surface area contributed by atoms with Gasteiger partial charge >= 0.3 is 0 Å². The molecule has 0 aliphatic carbocycles. The van der Waals surface area contributed by atoms with Gasteiger partial charge in [-0.2, -0.15) is 0 Å². The number of ether oxygens (including phenoxy) is 6. The Balaban J connectivity index is 1.98. The van der Waals surface area contributed by atoms with Crippen molar-refractivity contribution in [1.82, 2.24) is 5.32 Å². The third-order valence-corrected chi connectivity index (χ3v) is 6.77. The van der Waals surface area contributed by atoms with Gasteiger partial charge in [0.25, 0.3) is 0 Å². The summed E-state index contributed by atoms with van der Waals surface area (Å²) in [5.74, 6) is 1.65. The summed E-state index contributed by atoms with van der Waals surface area (Å²) >= 11 is 0. The number of amides is 1. The van der Waals surface area contributed by atoms with Crippen LogP contribution in [0.3, 0.4) is 0 Å². The topological polar surface area (TPSA) is 246 Å². The molecule has 224 valence electrons. The van der Waals surface area contributed by atoms with Gasteiger partial charge in [-0.05, 0) is 6.92 Å². The van der Waals surface area contributed by atoms with Gasteiger partial charge in [0.2, 0.25) is 5.91 Å². The molecule has 3 aliphatic heterocycles. The zero-order valence-corrected chi connectivity index (χ0v) is 21.3. The first-order chi connectivity index (χ1) is 18.4. The Morgan fingerprint density at radius 3 is 1.90 bits per heavy atom. The highest BCUT2D eigenvalue weighted by molar-refractivity contribution is 5.73. The fraction of sp³-hybridized carbons (Fsp3) is 0.870. The molecule has 3 rings (SSSR count). The van der Waals surface area contributed by atoms with Gasteiger partial charge in [0.1, 0.15) is 73.7 Å². The lowest BCUT2D eigenvalue weighted by Crippen LogP contribution is -2.69. The number of aliphatic hydroxyl groups excluding tert-OH is 8. The maximum absolute atomic E-state index is 12.1. The average molecular weight is 568 g/mol. The first-order valence-corrected chi connectivity index (χ1v) is 12.3. The van der Waals surface area contributed by atoms with Crippen LogP contribution in [0, 0.1) is 12.3 Å². The van der Waals surface area contributed by atoms with E-state index < -0.39 is 111 Å². The van der Waals surface area contributed by atoms with E-state index in [0.717, 1.165) is 0 Å². The molecule has 9 N–H and O–H groups in total. The van der Waals surface area contributed by atoms with E-state index in [0.29, 0.717) is 0 Å². The Morgan fingerprint density at radius 2 is 1.33 bits per heavy atom. The van der Waals surface area contributed by atoms with Crippen molar-refractivity contribution < 1.29 is 74.1 Å². The number of rotatable bonds is 9. The largest absolute Gasteiger partial charge is 0.394 e. The second-order valence-electron chi connectivity index (χ2n) is 9.55. The fourth-order valence-electron chi connectivity index (χ4n) is 4.65. The van der Waals surface area contributed by atoms with Crippen LogP contribution < -0.4 is 5.32 Å². The van der Waals surface area contributed by atoms with Crippen molar-refractivity contribution in [3.05, 3.63) is 0 Å². The smallest absolute Gasteiger partial charge is 0.217 e. The number of hydrogen-bond acceptors (Lipinski definition) is 15. The molecule has 15 atom stereocenters. The Morgan fingerprint density at radius 1 is 0.795 bits per heavy atom. The van der Waals surface area contributed by atoms with Gasteiger partial charge in [0.05, 0.1) is 19.3 Å². The van der Waals surface area contributed by atoms with Crippen molar-refractivity contribution in [2.24, 2.45) is 0 Å². The maximum Gasteiger partial charge on any atom is 0.217 e. The summed E-state index contributed by atoms with van der Waals surface area (Å²) in [6, 6.07) is -1.26. The molecule has 0 aromatic heterocycles. The van der Waals surface area contributed by atoms with E-state index >= 15 is 0 Å². The molecule has 16 heteroatoms. The van der Waals surface area contributed by atoms with Gasteiger partial charge in [0, 0.05) is 6.92 Å². The van der Waals surface area contributed by atoms with E-state index in [1.807, 2.05) is 0 Å². The highest BCUT2D eigenvalue weighted by Gasteiger charge is 2.54. The highest BCUT2D eigenvalue weighted by Crippen LogP contribution is 2.33. The number of hydrogen-bond donors (Lipinski definition) is 9. The lowest BCUT2D eigenvalue weighted by Gasteiger charge is -2.50. The molecular formula is C23H37NO15. The third kappa shape index (κ3) is 7.04. The number of carbonyl (C=O) groups excluding carboxylic acids is 1. The Labute approximate surface area is 223 Å². The number of nitrogens with one attached hydrogen (secondary N) is 1. The van der Waals surface area contributed by atoms with Crippen molar-refractivity contribution in [3.63, 3.8) is 0 Å². The molecule has 3 aliphatic rings. The second-order valence-corrected chi connectivity index (χ2v) is 9.55. The molecule has 0 saturated carbocycles. The lowest BCUT2D eigenvalue weighted by atomic mass is 9.94. The van der Waals surface area contributed by atoms with Crippen LogP contribution in [0.2, 0.25) is 0 Å². The Bertz CT molecular complexity index is 841. The monoisotopic (exact) mass is 567 g/mol. The van der Waals surface area contributed by atoms with Crippen molar-refractivity contribution >= 4 is 5.91 Å². The van der Waals surface area contributed by atoms with Crippen LogP contribution in [-0.4, -0.2) is 159 Å². The SMILES string of the molecule is C#CCO[C@@H]1O[C@H](CO)[C@@H](O[C@@H]2O[C@H](CO)[C@H](O)[C@H](O)[C@H]2O)[C@H](O[C@@H]2O[C@@H](C)[C@@H](O)[C@@H](O)[C@@H]2O)[C@H]1NC(C)=O. The van der Waals surface area contributed by atoms with E-state index in [4.69, 9.17) is 34.8 Å². The normalized spacial score (nSPS) is 46.8. The van der Waals surface area contributed by atoms with Crippen LogP contribution >= 0.6 is 0 Å². The third-order valence-electron chi connectivity index (χ3n) is 6.77. The molecule has 0 aromatic carbocycles. The van der Waals surface area contributed by atoms with Gasteiger partial charge in [-0.1, -0.05) is 5.92 Å². The van der Waals surface area contributed by atoms with E-state index in [9.17, 15) is 45.6 Å². The van der Waals surface area contributed by atoms with Crippen molar-refractivity contribution in [2.45, 2.75) is 106 Å². The number of carbonyl (C=O) groups is 1. The predicted octanol–water partition coefficient (Wildman–Crippen LogP) is -5.74. The first-order valence-electron chi connectivity index (χ1n) is 12.3. The van der Waals surface area contributed by atoms with Crippen molar-refractivity contribution in [1.29, 1.82) is 0 Å². The van der Waals surface area contributed by atoms with Crippen molar-refractivity contribution in [3.8, 4) is 12.3 Å². The van der Waals surface area contributed by atoms with Crippen LogP contribution in [0.4, 0.5) is 0 Å². The van der Waals surface area contributed by atoms with Crippen LogP contribution in [0.1, 0.15) is 13.8 Å². The summed E-state index contributed by atoms with van der Waals surface area (Å²) in [4.78, 5) is 12.1. The molecular weight excluding hydrogens is 530 g/mol. The number of aliphatic hydroxyl groups is 8. The summed E-state index contributed by atoms with van der Waals surface area (Å²) < 4.78 is 34.1. The van der Waals surface area contributed by atoms with Gasteiger partial charge < -0.3 is 74.6 Å². The molecule has 39 heavy (non-hydrogen) atoms. The molecule has 3 saturated heterocycles. The van der Waals surface area contributed by atoms with Gasteiger partial charge in [0.15, 0.2) is 18.9 Å². The van der Waals surface area contributed by atoms with E-state index in [1.54, 1.807) is 0 Å². The lowest BCUT2D eigenvalue weighted by molar-refractivity contribution is -0.372. The minimum absolute atomic E-state index is 0.283. The molecule has 0 spiro atoms. The summed E-state index contributed by atoms with van der Waals surface area (Å²) in [6.45, 7) is 0.828. The molecule has 0 bridgehead atoms. The van der Waals surface area contributed by atoms with E-state index in [2.05, 4.69) is 11.2 Å². The van der Waals surface area contributed by atoms with Gasteiger partial charge in [-0.25, -0.2) is 0 Å². The van der Waals surface area contributed by atoms with Gasteiger partial charge in [-0.3, -0.25) is 4.79 Å². The fourth-order valence-corrected chi connectivity index (χ4v) is 4.65. The average Bonchev–Trinajstić information content (AvgIpc) is 2.91. The molecule has 1 amide bonds. The summed E-state index contributed by atoms with van der Waals surface area (Å²) in [5, 5.41) is 83.9.